The number of anilines is 1. The van der Waals surface area contributed by atoms with Crippen molar-refractivity contribution in [2.75, 3.05) is 11.4 Å². The van der Waals surface area contributed by atoms with Gasteiger partial charge in [0, 0.05) is 12.2 Å². The number of rotatable bonds is 1. The smallest absolute Gasteiger partial charge is 0.281 e. The number of fused-ring (bicyclic) bond motifs is 1. The van der Waals surface area contributed by atoms with E-state index in [9.17, 15) is 4.79 Å². The normalized spacial score (nSPS) is 14.1. The Hall–Kier alpha value is -2.04. The Morgan fingerprint density at radius 2 is 1.91 bits per heavy atom. The molecule has 4 nitrogen and oxygen atoms in total. The molecule has 0 bridgehead atoms. The molecule has 112 valence electrons. The van der Waals surface area contributed by atoms with E-state index in [2.05, 4.69) is 4.99 Å². The maximum Gasteiger partial charge on any atom is 0.281 e. The first kappa shape index (κ1) is 14.9. The SMILES string of the molecule is NC(=NC(=O)c1cccc(Cl)c1Cl)N1CCc2ccccc21. The number of carbonyl (C=O) groups is 1. The minimum Gasteiger partial charge on any atom is -0.369 e. The predicted molar refractivity (Wildman–Crippen MR) is 89.9 cm³/mol. The minimum absolute atomic E-state index is 0.158. The van der Waals surface area contributed by atoms with Crippen molar-refractivity contribution in [3.8, 4) is 0 Å². The van der Waals surface area contributed by atoms with Crippen molar-refractivity contribution in [2.45, 2.75) is 6.42 Å². The summed E-state index contributed by atoms with van der Waals surface area (Å²) in [5.41, 5.74) is 8.41. The second-order valence-electron chi connectivity index (χ2n) is 4.91. The highest BCUT2D eigenvalue weighted by atomic mass is 35.5. The van der Waals surface area contributed by atoms with Crippen molar-refractivity contribution in [1.82, 2.24) is 0 Å². The quantitative estimate of drug-likeness (QED) is 0.641. The Balaban J connectivity index is 1.89. The molecule has 0 spiro atoms. The molecule has 1 heterocycles. The zero-order valence-corrected chi connectivity index (χ0v) is 13.1. The van der Waals surface area contributed by atoms with E-state index >= 15 is 0 Å². The molecule has 1 amide bonds. The van der Waals surface area contributed by atoms with Gasteiger partial charge in [-0.15, -0.1) is 0 Å². The van der Waals surface area contributed by atoms with Gasteiger partial charge in [0.1, 0.15) is 0 Å². The van der Waals surface area contributed by atoms with Gasteiger partial charge >= 0.3 is 0 Å². The Morgan fingerprint density at radius 3 is 2.73 bits per heavy atom. The largest absolute Gasteiger partial charge is 0.369 e. The van der Waals surface area contributed by atoms with E-state index in [1.54, 1.807) is 18.2 Å². The molecule has 2 aromatic rings. The summed E-state index contributed by atoms with van der Waals surface area (Å²) in [7, 11) is 0. The molecule has 0 fully saturated rings. The van der Waals surface area contributed by atoms with Gasteiger partial charge in [-0.05, 0) is 30.2 Å². The summed E-state index contributed by atoms with van der Waals surface area (Å²) in [5.74, 6) is -0.347. The Morgan fingerprint density at radius 1 is 1.14 bits per heavy atom. The van der Waals surface area contributed by atoms with Gasteiger partial charge in [0.25, 0.3) is 5.91 Å². The summed E-state index contributed by atoms with van der Waals surface area (Å²) < 4.78 is 0. The van der Waals surface area contributed by atoms with Gasteiger partial charge < -0.3 is 10.6 Å². The van der Waals surface area contributed by atoms with Gasteiger partial charge in [0.05, 0.1) is 15.6 Å². The molecule has 0 radical (unpaired) electrons. The number of nitrogens with zero attached hydrogens (tertiary/aromatic N) is 2. The molecular weight excluding hydrogens is 321 g/mol. The van der Waals surface area contributed by atoms with Crippen molar-refractivity contribution in [1.29, 1.82) is 0 Å². The first-order valence-corrected chi connectivity index (χ1v) is 7.51. The number of aliphatic imine (C=N–C) groups is 1. The molecule has 0 aromatic heterocycles. The van der Waals surface area contributed by atoms with Crippen molar-refractivity contribution in [2.24, 2.45) is 10.7 Å². The Labute approximate surface area is 138 Å². The van der Waals surface area contributed by atoms with Gasteiger partial charge in [-0.1, -0.05) is 47.5 Å². The van der Waals surface area contributed by atoms with Gasteiger partial charge in [-0.3, -0.25) is 4.79 Å². The molecule has 1 aliphatic heterocycles. The fourth-order valence-electron chi connectivity index (χ4n) is 2.47. The van der Waals surface area contributed by atoms with Crippen LogP contribution in [-0.4, -0.2) is 18.4 Å². The number of hydrogen-bond acceptors (Lipinski definition) is 1. The molecule has 0 saturated heterocycles. The summed E-state index contributed by atoms with van der Waals surface area (Å²) >= 11 is 12.0. The topological polar surface area (TPSA) is 58.7 Å². The first-order chi connectivity index (χ1) is 10.6. The van der Waals surface area contributed by atoms with Crippen LogP contribution in [0, 0.1) is 0 Å². The number of benzene rings is 2. The summed E-state index contributed by atoms with van der Waals surface area (Å²) in [6.07, 6.45) is 0.874. The van der Waals surface area contributed by atoms with Crippen molar-refractivity contribution < 1.29 is 4.79 Å². The van der Waals surface area contributed by atoms with Crippen LogP contribution in [0.2, 0.25) is 10.0 Å². The fraction of sp³-hybridized carbons (Fsp3) is 0.125. The molecule has 2 N–H and O–H groups in total. The maximum atomic E-state index is 12.3. The molecule has 0 saturated carbocycles. The van der Waals surface area contributed by atoms with Crippen LogP contribution in [0.5, 0.6) is 0 Å². The average Bonchev–Trinajstić information content (AvgIpc) is 2.94. The van der Waals surface area contributed by atoms with Crippen LogP contribution in [-0.2, 0) is 6.42 Å². The molecule has 0 atom stereocenters. The maximum absolute atomic E-state index is 12.3. The van der Waals surface area contributed by atoms with E-state index in [0.717, 1.165) is 12.1 Å². The lowest BCUT2D eigenvalue weighted by atomic mass is 10.2. The molecular formula is C16H13Cl2N3O. The van der Waals surface area contributed by atoms with Crippen molar-refractivity contribution in [3.05, 3.63) is 63.6 Å². The standard InChI is InChI=1S/C16H13Cl2N3O/c17-12-6-3-5-11(14(12)18)15(22)20-16(19)21-9-8-10-4-1-2-7-13(10)21/h1-7H,8-9H2,(H2,19,20,22). The number of carbonyl (C=O) groups excluding carboxylic acids is 1. The fourth-order valence-corrected chi connectivity index (χ4v) is 2.85. The van der Waals surface area contributed by atoms with Crippen LogP contribution in [0.1, 0.15) is 15.9 Å². The van der Waals surface area contributed by atoms with Crippen LogP contribution >= 0.6 is 23.2 Å². The van der Waals surface area contributed by atoms with Crippen LogP contribution in [0.25, 0.3) is 0 Å². The molecule has 0 aliphatic carbocycles. The van der Waals surface area contributed by atoms with E-state index in [0.29, 0.717) is 11.6 Å². The average molecular weight is 334 g/mol. The molecule has 1 aliphatic rings. The first-order valence-electron chi connectivity index (χ1n) is 6.76. The van der Waals surface area contributed by atoms with Gasteiger partial charge in [-0.25, -0.2) is 0 Å². The lowest BCUT2D eigenvalue weighted by molar-refractivity contribution is 0.100. The third-order valence-electron chi connectivity index (χ3n) is 3.56. The lowest BCUT2D eigenvalue weighted by Crippen LogP contribution is -2.36. The predicted octanol–water partition coefficient (Wildman–Crippen LogP) is 3.51. The number of halogens is 2. The van der Waals surface area contributed by atoms with E-state index in [1.807, 2.05) is 29.2 Å². The zero-order chi connectivity index (χ0) is 15.7. The van der Waals surface area contributed by atoms with Crippen molar-refractivity contribution >= 4 is 40.8 Å². The third-order valence-corrected chi connectivity index (χ3v) is 4.38. The van der Waals surface area contributed by atoms with Crippen molar-refractivity contribution in [3.63, 3.8) is 0 Å². The highest BCUT2D eigenvalue weighted by molar-refractivity contribution is 6.44. The number of amides is 1. The number of para-hydroxylation sites is 1. The van der Waals surface area contributed by atoms with Gasteiger partial charge in [-0.2, -0.15) is 4.99 Å². The summed E-state index contributed by atoms with van der Waals surface area (Å²) in [5, 5.41) is 0.500. The van der Waals surface area contributed by atoms with Gasteiger partial charge in [0.15, 0.2) is 0 Å². The van der Waals surface area contributed by atoms with Gasteiger partial charge in [0.2, 0.25) is 5.96 Å². The number of guanidine groups is 1. The lowest BCUT2D eigenvalue weighted by Gasteiger charge is -2.17. The van der Waals surface area contributed by atoms with Crippen LogP contribution in [0.15, 0.2) is 47.5 Å². The van der Waals surface area contributed by atoms with E-state index in [4.69, 9.17) is 28.9 Å². The molecule has 2 aromatic carbocycles. The zero-order valence-electron chi connectivity index (χ0n) is 11.6. The summed E-state index contributed by atoms with van der Waals surface area (Å²) in [4.78, 5) is 18.1. The van der Waals surface area contributed by atoms with E-state index in [-0.39, 0.29) is 16.5 Å². The Bertz CT molecular complexity index is 774. The van der Waals surface area contributed by atoms with Crippen LogP contribution < -0.4 is 10.6 Å². The molecule has 22 heavy (non-hydrogen) atoms. The van der Waals surface area contributed by atoms with Crippen LogP contribution in [0.4, 0.5) is 5.69 Å². The second-order valence-corrected chi connectivity index (χ2v) is 5.69. The van der Waals surface area contributed by atoms with E-state index < -0.39 is 5.91 Å². The summed E-state index contributed by atoms with van der Waals surface area (Å²) in [6.45, 7) is 0.700. The number of hydrogen-bond donors (Lipinski definition) is 1. The second kappa shape index (κ2) is 5.99. The number of nitrogens with two attached hydrogens (primary N) is 1. The van der Waals surface area contributed by atoms with E-state index in [1.165, 1.54) is 5.56 Å². The third kappa shape index (κ3) is 2.67. The molecule has 0 unspecified atom stereocenters. The molecule has 3 rings (SSSR count). The molecule has 6 heteroatoms. The minimum atomic E-state index is -0.505. The highest BCUT2D eigenvalue weighted by Crippen LogP contribution is 2.28. The summed E-state index contributed by atoms with van der Waals surface area (Å²) in [6, 6.07) is 12.8. The Kier molecular flexibility index (Phi) is 4.05. The van der Waals surface area contributed by atoms with Crippen LogP contribution in [0.3, 0.4) is 0 Å². The highest BCUT2D eigenvalue weighted by Gasteiger charge is 2.22. The monoisotopic (exact) mass is 333 g/mol.